The number of nitrogen functional groups attached to an aromatic ring is 1. The van der Waals surface area contributed by atoms with Gasteiger partial charge in [-0.2, -0.15) is 14.0 Å². The van der Waals surface area contributed by atoms with Gasteiger partial charge >= 0.3 is 12.6 Å². The van der Waals surface area contributed by atoms with Crippen LogP contribution >= 0.6 is 0 Å². The van der Waals surface area contributed by atoms with Gasteiger partial charge in [0.25, 0.3) is 0 Å². The minimum Gasteiger partial charge on any atom is -0.481 e. The van der Waals surface area contributed by atoms with Crippen LogP contribution < -0.4 is 10.5 Å². The highest BCUT2D eigenvalue weighted by Gasteiger charge is 2.15. The number of nitriles is 1. The maximum absolute atomic E-state index is 12.1. The topological polar surface area (TPSA) is 96.3 Å². The normalized spacial score (nSPS) is 10.0. The molecule has 0 radical (unpaired) electrons. The molecule has 0 aliphatic carbocycles. The van der Waals surface area contributed by atoms with E-state index >= 15 is 0 Å². The molecule has 90 valence electrons. The second-order valence-electron chi connectivity index (χ2n) is 3.11. The highest BCUT2D eigenvalue weighted by atomic mass is 19.3. The molecule has 0 fully saturated rings. The van der Waals surface area contributed by atoms with Gasteiger partial charge in [0.1, 0.15) is 11.8 Å². The molecule has 0 amide bonds. The Morgan fingerprint density at radius 2 is 2.24 bits per heavy atom. The van der Waals surface area contributed by atoms with Crippen LogP contribution in [0, 0.1) is 11.3 Å². The lowest BCUT2D eigenvalue weighted by atomic mass is 10.1. The van der Waals surface area contributed by atoms with Gasteiger partial charge < -0.3 is 15.6 Å². The molecule has 0 unspecified atom stereocenters. The van der Waals surface area contributed by atoms with Crippen molar-refractivity contribution < 1.29 is 23.4 Å². The number of aliphatic carboxylic acids is 1. The number of rotatable bonds is 4. The zero-order chi connectivity index (χ0) is 13.0. The molecule has 5 nitrogen and oxygen atoms in total. The lowest BCUT2D eigenvalue weighted by molar-refractivity contribution is -0.136. The number of hydrogen-bond donors (Lipinski definition) is 2. The molecule has 0 spiro atoms. The Morgan fingerprint density at radius 3 is 2.71 bits per heavy atom. The third kappa shape index (κ3) is 3.31. The summed E-state index contributed by atoms with van der Waals surface area (Å²) < 4.78 is 28.3. The molecule has 0 atom stereocenters. The predicted octanol–water partition coefficient (Wildman–Crippen LogP) is 1.37. The molecule has 0 saturated carbocycles. The highest BCUT2D eigenvalue weighted by molar-refractivity contribution is 5.73. The second kappa shape index (κ2) is 5.12. The van der Waals surface area contributed by atoms with Gasteiger partial charge in [0.15, 0.2) is 0 Å². The van der Waals surface area contributed by atoms with Gasteiger partial charge in [-0.05, 0) is 6.07 Å². The number of carbonyl (C=O) groups is 1. The first-order valence-corrected chi connectivity index (χ1v) is 4.43. The number of nitrogens with zero attached hydrogens (tertiary/aromatic N) is 1. The number of nitrogens with two attached hydrogens (primary N) is 1. The van der Waals surface area contributed by atoms with E-state index in [2.05, 4.69) is 4.74 Å². The van der Waals surface area contributed by atoms with Crippen LogP contribution in [0.3, 0.4) is 0 Å². The Balaban J connectivity index is 3.21. The molecule has 0 bridgehead atoms. The molecule has 17 heavy (non-hydrogen) atoms. The van der Waals surface area contributed by atoms with Crippen molar-refractivity contribution in [1.82, 2.24) is 0 Å². The number of hydrogen-bond acceptors (Lipinski definition) is 4. The Morgan fingerprint density at radius 1 is 1.59 bits per heavy atom. The van der Waals surface area contributed by atoms with Crippen LogP contribution in [0.1, 0.15) is 11.1 Å². The first kappa shape index (κ1) is 12.7. The van der Waals surface area contributed by atoms with Crippen LogP contribution in [0.25, 0.3) is 0 Å². The standard InChI is InChI=1S/C10H8F2N2O3/c11-10(12)17-8-2-6(4-13)7(14)1-5(8)3-9(15)16/h1-2,10H,3,14H2,(H,15,16). The number of ether oxygens (including phenoxy) is 1. The van der Waals surface area contributed by atoms with Crippen molar-refractivity contribution in [2.75, 3.05) is 5.73 Å². The molecule has 7 heteroatoms. The van der Waals surface area contributed by atoms with E-state index in [9.17, 15) is 13.6 Å². The van der Waals surface area contributed by atoms with Crippen molar-refractivity contribution in [2.24, 2.45) is 0 Å². The van der Waals surface area contributed by atoms with Crippen molar-refractivity contribution in [2.45, 2.75) is 13.0 Å². The van der Waals surface area contributed by atoms with E-state index in [4.69, 9.17) is 16.1 Å². The summed E-state index contributed by atoms with van der Waals surface area (Å²) in [4.78, 5) is 10.5. The van der Waals surface area contributed by atoms with Crippen LogP contribution in [-0.2, 0) is 11.2 Å². The number of benzene rings is 1. The van der Waals surface area contributed by atoms with E-state index in [1.807, 2.05) is 0 Å². The van der Waals surface area contributed by atoms with Gasteiger partial charge in [0.2, 0.25) is 0 Å². The average molecular weight is 242 g/mol. The molecule has 0 heterocycles. The van der Waals surface area contributed by atoms with Crippen molar-refractivity contribution in [3.63, 3.8) is 0 Å². The molecule has 1 rings (SSSR count). The Labute approximate surface area is 95.0 Å². The zero-order valence-electron chi connectivity index (χ0n) is 8.48. The van der Waals surface area contributed by atoms with Crippen LogP contribution in [0.15, 0.2) is 12.1 Å². The summed E-state index contributed by atoms with van der Waals surface area (Å²) in [6.45, 7) is -3.10. The third-order valence-corrected chi connectivity index (χ3v) is 1.91. The van der Waals surface area contributed by atoms with E-state index in [1.54, 1.807) is 6.07 Å². The van der Waals surface area contributed by atoms with E-state index in [-0.39, 0.29) is 22.6 Å². The van der Waals surface area contributed by atoms with Crippen molar-refractivity contribution in [3.8, 4) is 11.8 Å². The largest absolute Gasteiger partial charge is 0.481 e. The van der Waals surface area contributed by atoms with E-state index in [0.717, 1.165) is 12.1 Å². The molecular formula is C10H8F2N2O3. The predicted molar refractivity (Wildman–Crippen MR) is 53.5 cm³/mol. The fourth-order valence-electron chi connectivity index (χ4n) is 1.25. The summed E-state index contributed by atoms with van der Waals surface area (Å²) in [6.07, 6.45) is -0.516. The monoisotopic (exact) mass is 242 g/mol. The van der Waals surface area contributed by atoms with Gasteiger partial charge in [-0.15, -0.1) is 0 Å². The van der Waals surface area contributed by atoms with Gasteiger partial charge in [0.05, 0.1) is 12.0 Å². The molecule has 0 aliphatic heterocycles. The van der Waals surface area contributed by atoms with Crippen LogP contribution in [-0.4, -0.2) is 17.7 Å². The maximum Gasteiger partial charge on any atom is 0.387 e. The van der Waals surface area contributed by atoms with Gasteiger partial charge in [-0.25, -0.2) is 0 Å². The SMILES string of the molecule is N#Cc1cc(OC(F)F)c(CC(=O)O)cc1N. The van der Waals surface area contributed by atoms with Crippen molar-refractivity contribution in [3.05, 3.63) is 23.3 Å². The minimum absolute atomic E-state index is 0.00528. The van der Waals surface area contributed by atoms with Crippen LogP contribution in [0.5, 0.6) is 5.75 Å². The average Bonchev–Trinajstić information content (AvgIpc) is 2.20. The maximum atomic E-state index is 12.1. The van der Waals surface area contributed by atoms with Gasteiger partial charge in [-0.3, -0.25) is 4.79 Å². The summed E-state index contributed by atoms with van der Waals surface area (Å²) in [6, 6.07) is 3.84. The highest BCUT2D eigenvalue weighted by Crippen LogP contribution is 2.27. The molecule has 0 saturated heterocycles. The second-order valence-corrected chi connectivity index (χ2v) is 3.11. The third-order valence-electron chi connectivity index (χ3n) is 1.91. The summed E-state index contributed by atoms with van der Waals surface area (Å²) in [7, 11) is 0. The molecule has 1 aromatic carbocycles. The summed E-state index contributed by atoms with van der Waals surface area (Å²) >= 11 is 0. The smallest absolute Gasteiger partial charge is 0.387 e. The fraction of sp³-hybridized carbons (Fsp3) is 0.200. The Bertz CT molecular complexity index is 483. The Kier molecular flexibility index (Phi) is 3.82. The van der Waals surface area contributed by atoms with Crippen molar-refractivity contribution in [1.29, 1.82) is 5.26 Å². The molecule has 3 N–H and O–H groups in total. The number of alkyl halides is 2. The first-order valence-electron chi connectivity index (χ1n) is 4.43. The summed E-state index contributed by atoms with van der Waals surface area (Å²) in [5.74, 6) is -1.57. The van der Waals surface area contributed by atoms with E-state index < -0.39 is 19.0 Å². The number of anilines is 1. The number of halogens is 2. The van der Waals surface area contributed by atoms with Crippen LogP contribution in [0.4, 0.5) is 14.5 Å². The minimum atomic E-state index is -3.10. The van der Waals surface area contributed by atoms with Gasteiger partial charge in [0, 0.05) is 17.3 Å². The van der Waals surface area contributed by atoms with Gasteiger partial charge in [-0.1, -0.05) is 0 Å². The quantitative estimate of drug-likeness (QED) is 0.777. The lowest BCUT2D eigenvalue weighted by Gasteiger charge is -2.11. The fourth-order valence-corrected chi connectivity index (χ4v) is 1.25. The molecule has 0 aliphatic rings. The molecule has 1 aromatic rings. The van der Waals surface area contributed by atoms with E-state index in [0.29, 0.717) is 0 Å². The number of carboxylic acids is 1. The summed E-state index contributed by atoms with van der Waals surface area (Å²) in [5, 5.41) is 17.3. The molecule has 0 aromatic heterocycles. The molecular weight excluding hydrogens is 234 g/mol. The van der Waals surface area contributed by atoms with Crippen LogP contribution in [0.2, 0.25) is 0 Å². The summed E-state index contributed by atoms with van der Waals surface area (Å²) in [5.41, 5.74) is 5.42. The van der Waals surface area contributed by atoms with Crippen molar-refractivity contribution >= 4 is 11.7 Å². The van der Waals surface area contributed by atoms with E-state index in [1.165, 1.54) is 0 Å². The lowest BCUT2D eigenvalue weighted by Crippen LogP contribution is -2.09. The number of carboxylic acid groups (broad SMARTS) is 1. The first-order chi connectivity index (χ1) is 7.93. The Hall–Kier alpha value is -2.36. The zero-order valence-corrected chi connectivity index (χ0v) is 8.48.